The topological polar surface area (TPSA) is 97.6 Å². The summed E-state index contributed by atoms with van der Waals surface area (Å²) in [7, 11) is 0. The molecule has 1 fully saturated rings. The van der Waals surface area contributed by atoms with Crippen molar-refractivity contribution in [3.05, 3.63) is 23.9 Å². The van der Waals surface area contributed by atoms with Crippen LogP contribution in [-0.2, 0) is 11.3 Å². The summed E-state index contributed by atoms with van der Waals surface area (Å²) in [4.78, 5) is 29.3. The number of amides is 3. The summed E-state index contributed by atoms with van der Waals surface area (Å²) in [5, 5.41) is 2.90. The van der Waals surface area contributed by atoms with E-state index in [0.717, 1.165) is 18.4 Å². The number of piperidine rings is 1. The number of nitrogens with one attached hydrogen (secondary N) is 1. The fourth-order valence-electron chi connectivity index (χ4n) is 2.61. The Labute approximate surface area is 136 Å². The van der Waals surface area contributed by atoms with Crippen LogP contribution in [0.15, 0.2) is 18.3 Å². The highest BCUT2D eigenvalue weighted by Gasteiger charge is 2.27. The van der Waals surface area contributed by atoms with Crippen LogP contribution in [0.25, 0.3) is 0 Å². The first-order valence-electron chi connectivity index (χ1n) is 7.90. The summed E-state index contributed by atoms with van der Waals surface area (Å²) >= 11 is 0. The Hall–Kier alpha value is -2.31. The van der Waals surface area contributed by atoms with Crippen molar-refractivity contribution in [2.75, 3.05) is 13.1 Å². The number of nitrogens with two attached hydrogens (primary N) is 1. The van der Waals surface area contributed by atoms with Crippen molar-refractivity contribution in [2.24, 2.45) is 11.7 Å². The van der Waals surface area contributed by atoms with Crippen molar-refractivity contribution < 1.29 is 14.3 Å². The number of primary amides is 1. The molecule has 0 unspecified atom stereocenters. The number of rotatable bonds is 5. The van der Waals surface area contributed by atoms with Gasteiger partial charge >= 0.3 is 6.03 Å². The highest BCUT2D eigenvalue weighted by Crippen LogP contribution is 2.18. The van der Waals surface area contributed by atoms with Crippen LogP contribution in [0.4, 0.5) is 4.79 Å². The van der Waals surface area contributed by atoms with Gasteiger partial charge in [-0.2, -0.15) is 0 Å². The number of nitrogens with zero attached hydrogens (tertiary/aromatic N) is 2. The predicted molar refractivity (Wildman–Crippen MR) is 85.7 cm³/mol. The van der Waals surface area contributed by atoms with Gasteiger partial charge < -0.3 is 20.7 Å². The van der Waals surface area contributed by atoms with E-state index in [2.05, 4.69) is 10.3 Å². The second-order valence-corrected chi connectivity index (χ2v) is 5.98. The van der Waals surface area contributed by atoms with E-state index in [1.807, 2.05) is 26.0 Å². The van der Waals surface area contributed by atoms with E-state index in [1.54, 1.807) is 6.20 Å². The Kier molecular flexibility index (Phi) is 5.78. The first-order valence-corrected chi connectivity index (χ1v) is 7.90. The van der Waals surface area contributed by atoms with E-state index in [9.17, 15) is 9.59 Å². The summed E-state index contributed by atoms with van der Waals surface area (Å²) in [6.45, 7) is 5.20. The predicted octanol–water partition coefficient (Wildman–Crippen LogP) is 1.28. The molecule has 0 bridgehead atoms. The van der Waals surface area contributed by atoms with Gasteiger partial charge in [-0.15, -0.1) is 0 Å². The third-order valence-corrected chi connectivity index (χ3v) is 3.75. The molecule has 0 saturated carbocycles. The number of urea groups is 1. The molecule has 1 aromatic heterocycles. The summed E-state index contributed by atoms with van der Waals surface area (Å²) < 4.78 is 5.64. The van der Waals surface area contributed by atoms with Crippen LogP contribution in [0.3, 0.4) is 0 Å². The maximum atomic E-state index is 12.3. The van der Waals surface area contributed by atoms with Crippen LogP contribution in [0.1, 0.15) is 32.3 Å². The number of carbonyl (C=O) groups excluding carboxylic acids is 2. The highest BCUT2D eigenvalue weighted by molar-refractivity contribution is 5.80. The number of ether oxygens (including phenoxy) is 1. The number of hydrogen-bond acceptors (Lipinski definition) is 4. The van der Waals surface area contributed by atoms with Gasteiger partial charge in [0, 0.05) is 31.4 Å². The summed E-state index contributed by atoms with van der Waals surface area (Å²) in [5.74, 6) is 0.239. The zero-order valence-electron chi connectivity index (χ0n) is 13.6. The van der Waals surface area contributed by atoms with E-state index in [-0.39, 0.29) is 17.9 Å². The zero-order valence-corrected chi connectivity index (χ0v) is 13.6. The largest absolute Gasteiger partial charge is 0.475 e. The van der Waals surface area contributed by atoms with Crippen LogP contribution >= 0.6 is 0 Å². The molecule has 7 nitrogen and oxygen atoms in total. The molecule has 23 heavy (non-hydrogen) atoms. The van der Waals surface area contributed by atoms with Crippen LogP contribution < -0.4 is 15.8 Å². The van der Waals surface area contributed by atoms with Gasteiger partial charge in [-0.3, -0.25) is 4.79 Å². The van der Waals surface area contributed by atoms with Gasteiger partial charge in [-0.25, -0.2) is 9.78 Å². The lowest BCUT2D eigenvalue weighted by Crippen LogP contribution is -2.47. The highest BCUT2D eigenvalue weighted by atomic mass is 16.5. The molecule has 0 spiro atoms. The van der Waals surface area contributed by atoms with Crippen molar-refractivity contribution in [1.82, 2.24) is 15.2 Å². The maximum absolute atomic E-state index is 12.3. The normalized spacial score (nSPS) is 17.9. The van der Waals surface area contributed by atoms with Crippen molar-refractivity contribution in [3.63, 3.8) is 0 Å². The maximum Gasteiger partial charge on any atom is 0.314 e. The molecule has 3 amide bonds. The van der Waals surface area contributed by atoms with Gasteiger partial charge in [0.25, 0.3) is 0 Å². The Balaban J connectivity index is 1.93. The average Bonchev–Trinajstić information content (AvgIpc) is 2.53. The van der Waals surface area contributed by atoms with E-state index in [1.165, 1.54) is 4.90 Å². The molecule has 0 aliphatic carbocycles. The van der Waals surface area contributed by atoms with Gasteiger partial charge in [0.15, 0.2) is 0 Å². The molecule has 1 aromatic rings. The van der Waals surface area contributed by atoms with E-state index in [4.69, 9.17) is 10.5 Å². The van der Waals surface area contributed by atoms with Gasteiger partial charge in [0.1, 0.15) is 0 Å². The van der Waals surface area contributed by atoms with Gasteiger partial charge in [-0.1, -0.05) is 6.07 Å². The smallest absolute Gasteiger partial charge is 0.314 e. The molecule has 2 heterocycles. The molecule has 7 heteroatoms. The molecule has 1 aliphatic rings. The Bertz CT molecular complexity index is 562. The molecule has 126 valence electrons. The quantitative estimate of drug-likeness (QED) is 0.854. The Morgan fingerprint density at radius 2 is 2.30 bits per heavy atom. The zero-order chi connectivity index (χ0) is 16.8. The first kappa shape index (κ1) is 17.1. The van der Waals surface area contributed by atoms with Crippen molar-refractivity contribution in [2.45, 2.75) is 39.3 Å². The molecule has 0 aromatic carbocycles. The number of hydrogen-bond donors (Lipinski definition) is 2. The van der Waals surface area contributed by atoms with Gasteiger partial charge in [0.2, 0.25) is 11.8 Å². The van der Waals surface area contributed by atoms with Crippen LogP contribution in [0.5, 0.6) is 5.88 Å². The molecule has 2 rings (SSSR count). The lowest BCUT2D eigenvalue weighted by molar-refractivity contribution is -0.126. The van der Waals surface area contributed by atoms with Gasteiger partial charge in [-0.05, 0) is 32.8 Å². The van der Waals surface area contributed by atoms with Crippen molar-refractivity contribution in [3.8, 4) is 5.88 Å². The standard InChI is InChI=1S/C16H24N4O3/c1-11(2)23-15-12(5-3-7-18-15)9-19-14(21)13-6-4-8-20(10-13)16(17)22/h3,5,7,11,13H,4,6,8-10H2,1-2H3,(H2,17,22)(H,19,21)/t13-/m1/s1. The second kappa shape index (κ2) is 7.80. The second-order valence-electron chi connectivity index (χ2n) is 5.98. The van der Waals surface area contributed by atoms with Crippen molar-refractivity contribution in [1.29, 1.82) is 0 Å². The number of carbonyl (C=O) groups is 2. The molecular formula is C16H24N4O3. The van der Waals surface area contributed by atoms with E-state index >= 15 is 0 Å². The molecule has 3 N–H and O–H groups in total. The minimum absolute atomic E-state index is 0.0156. The summed E-state index contributed by atoms with van der Waals surface area (Å²) in [5.41, 5.74) is 6.12. The van der Waals surface area contributed by atoms with Crippen LogP contribution in [0.2, 0.25) is 0 Å². The Morgan fingerprint density at radius 1 is 1.52 bits per heavy atom. The van der Waals surface area contributed by atoms with Gasteiger partial charge in [0.05, 0.1) is 12.0 Å². The fourth-order valence-corrected chi connectivity index (χ4v) is 2.61. The number of likely N-dealkylation sites (tertiary alicyclic amines) is 1. The minimum Gasteiger partial charge on any atom is -0.475 e. The Morgan fingerprint density at radius 3 is 3.00 bits per heavy atom. The number of aromatic nitrogens is 1. The van der Waals surface area contributed by atoms with Crippen LogP contribution in [-0.4, -0.2) is 41.0 Å². The van der Waals surface area contributed by atoms with E-state index < -0.39 is 6.03 Å². The average molecular weight is 320 g/mol. The molecule has 1 aliphatic heterocycles. The third-order valence-electron chi connectivity index (χ3n) is 3.75. The summed E-state index contributed by atoms with van der Waals surface area (Å²) in [6.07, 6.45) is 3.23. The minimum atomic E-state index is -0.470. The van der Waals surface area contributed by atoms with Crippen LogP contribution in [0, 0.1) is 5.92 Å². The molecule has 1 atom stereocenters. The van der Waals surface area contributed by atoms with E-state index in [0.29, 0.717) is 25.5 Å². The third kappa shape index (κ3) is 4.84. The first-order chi connectivity index (χ1) is 11.0. The molecule has 0 radical (unpaired) electrons. The fraction of sp³-hybridized carbons (Fsp3) is 0.562. The molecular weight excluding hydrogens is 296 g/mol. The SMILES string of the molecule is CC(C)Oc1ncccc1CNC(=O)[C@@H]1CCCN(C(N)=O)C1. The van der Waals surface area contributed by atoms with Crippen molar-refractivity contribution >= 4 is 11.9 Å². The monoisotopic (exact) mass is 320 g/mol. The molecule has 1 saturated heterocycles. The number of pyridine rings is 1. The lowest BCUT2D eigenvalue weighted by atomic mass is 9.97. The summed E-state index contributed by atoms with van der Waals surface area (Å²) in [6, 6.07) is 3.22. The lowest BCUT2D eigenvalue weighted by Gasteiger charge is -2.30.